The molecule has 0 aromatic heterocycles. The fourth-order valence-corrected chi connectivity index (χ4v) is 7.61. The third-order valence-corrected chi connectivity index (χ3v) is 11.1. The van der Waals surface area contributed by atoms with E-state index in [0.29, 0.717) is 57.1 Å². The molecule has 2 aromatic carbocycles. The number of nitrogens with two attached hydrogens (primary N) is 1. The molecule has 17 nitrogen and oxygen atoms in total. The van der Waals surface area contributed by atoms with E-state index >= 15 is 0 Å². The van der Waals surface area contributed by atoms with Gasteiger partial charge in [0.1, 0.15) is 29.7 Å². The predicted molar refractivity (Wildman–Crippen MR) is 242 cm³/mol. The van der Waals surface area contributed by atoms with Crippen LogP contribution in [-0.2, 0) is 52.7 Å². The maximum Gasteiger partial charge on any atom is 0.407 e. The Labute approximate surface area is 380 Å². The summed E-state index contributed by atoms with van der Waals surface area (Å²) in [5, 5.41) is 32.8. The van der Waals surface area contributed by atoms with Crippen molar-refractivity contribution in [3.63, 3.8) is 0 Å². The first kappa shape index (κ1) is 51.7. The number of nitrogens with zero attached hydrogens (tertiary/aromatic N) is 1. The monoisotopic (exact) mass is 902 g/mol. The lowest BCUT2D eigenvalue weighted by atomic mass is 9.90. The van der Waals surface area contributed by atoms with Crippen LogP contribution in [0.3, 0.4) is 0 Å². The fourth-order valence-electron chi connectivity index (χ4n) is 7.61. The summed E-state index contributed by atoms with van der Waals surface area (Å²) < 4.78 is 11.2. The number of benzene rings is 2. The van der Waals surface area contributed by atoms with Gasteiger partial charge < -0.3 is 46.7 Å². The number of primary amides is 1. The Bertz CT molecular complexity index is 1970. The van der Waals surface area contributed by atoms with Crippen molar-refractivity contribution < 1.29 is 53.2 Å². The number of urea groups is 1. The topological polar surface area (TPSA) is 256 Å². The average molecular weight is 903 g/mol. The number of carbonyl (C=O) groups is 7. The summed E-state index contributed by atoms with van der Waals surface area (Å²) in [5.41, 5.74) is 8.18. The second-order valence-corrected chi connectivity index (χ2v) is 17.6. The van der Waals surface area contributed by atoms with Gasteiger partial charge in [0.2, 0.25) is 11.8 Å². The Hall–Kier alpha value is -5.91. The minimum absolute atomic E-state index is 0.0963. The minimum atomic E-state index is -1.41. The van der Waals surface area contributed by atoms with Crippen LogP contribution in [0.15, 0.2) is 78.9 Å². The molecule has 7 amide bonds. The summed E-state index contributed by atoms with van der Waals surface area (Å²) in [5.74, 6) is -2.56. The number of aliphatic hydroxyl groups excluding tert-OH is 2. The largest absolute Gasteiger partial charge is 0.444 e. The molecule has 0 saturated carbocycles. The number of ketones is 1. The summed E-state index contributed by atoms with van der Waals surface area (Å²) in [6.45, 7) is 10.6. The van der Waals surface area contributed by atoms with Gasteiger partial charge in [-0.3, -0.25) is 28.9 Å². The normalized spacial score (nSPS) is 19.1. The van der Waals surface area contributed by atoms with E-state index in [2.05, 4.69) is 27.8 Å². The molecular formula is C48H66N6O11. The van der Waals surface area contributed by atoms with E-state index in [1.165, 1.54) is 12.2 Å². The molecule has 0 bridgehead atoms. The van der Waals surface area contributed by atoms with Crippen LogP contribution in [0.4, 0.5) is 9.59 Å². The lowest BCUT2D eigenvalue weighted by molar-refractivity contribution is -0.137. The van der Waals surface area contributed by atoms with Gasteiger partial charge in [0.15, 0.2) is 0 Å². The van der Waals surface area contributed by atoms with Crippen LogP contribution < -0.4 is 27.0 Å². The van der Waals surface area contributed by atoms with Crippen molar-refractivity contribution in [3.05, 3.63) is 95.6 Å². The first-order chi connectivity index (χ1) is 30.9. The zero-order valence-electron chi connectivity index (χ0n) is 37.7. The smallest absolute Gasteiger partial charge is 0.407 e. The first-order valence-corrected chi connectivity index (χ1v) is 22.3. The number of aliphatic hydroxyl groups is 2. The van der Waals surface area contributed by atoms with E-state index < -0.39 is 54.1 Å². The number of unbranched alkanes of at least 4 members (excludes halogenated alkanes) is 2. The molecule has 0 spiro atoms. The van der Waals surface area contributed by atoms with Gasteiger partial charge in [-0.2, -0.15) is 0 Å². The number of ether oxygens (including phenoxy) is 2. The summed E-state index contributed by atoms with van der Waals surface area (Å²) in [4.78, 5) is 88.3. The highest BCUT2D eigenvalue weighted by molar-refractivity contribution is 6.12. The van der Waals surface area contributed by atoms with Crippen LogP contribution >= 0.6 is 0 Å². The Morgan fingerprint density at radius 2 is 1.49 bits per heavy atom. The number of rotatable bonds is 26. The van der Waals surface area contributed by atoms with Gasteiger partial charge in [0.25, 0.3) is 11.8 Å². The van der Waals surface area contributed by atoms with Crippen molar-refractivity contribution in [2.24, 2.45) is 11.7 Å². The molecular weight excluding hydrogens is 837 g/mol. The summed E-state index contributed by atoms with van der Waals surface area (Å²) in [7, 11) is 0. The zero-order chi connectivity index (χ0) is 47.5. The molecule has 8 N–H and O–H groups in total. The molecule has 4 rings (SSSR count). The predicted octanol–water partition coefficient (Wildman–Crippen LogP) is 3.08. The molecule has 2 aliphatic heterocycles. The van der Waals surface area contributed by atoms with Crippen LogP contribution in [0.1, 0.15) is 88.8 Å². The molecule has 1 saturated heterocycles. The second-order valence-electron chi connectivity index (χ2n) is 17.6. The van der Waals surface area contributed by atoms with E-state index in [4.69, 9.17) is 15.2 Å². The second kappa shape index (κ2) is 25.5. The molecule has 65 heavy (non-hydrogen) atoms. The lowest BCUT2D eigenvalue weighted by Gasteiger charge is -2.25. The summed E-state index contributed by atoms with van der Waals surface area (Å²) >= 11 is 0. The van der Waals surface area contributed by atoms with Crippen molar-refractivity contribution in [2.75, 3.05) is 26.2 Å². The van der Waals surface area contributed by atoms with Gasteiger partial charge >= 0.3 is 12.1 Å². The molecule has 354 valence electrons. The Morgan fingerprint density at radius 3 is 2.15 bits per heavy atom. The number of nitrogens with one attached hydrogen (secondary N) is 4. The molecule has 6 atom stereocenters. The van der Waals surface area contributed by atoms with E-state index in [1.54, 1.807) is 20.8 Å². The lowest BCUT2D eigenvalue weighted by Crippen LogP contribution is -2.42. The van der Waals surface area contributed by atoms with E-state index in [-0.39, 0.29) is 74.7 Å². The Kier molecular flexibility index (Phi) is 20.3. The van der Waals surface area contributed by atoms with Gasteiger partial charge in [-0.05, 0) is 82.4 Å². The number of hydrogen-bond acceptors (Lipinski definition) is 11. The minimum Gasteiger partial charge on any atom is -0.444 e. The van der Waals surface area contributed by atoms with Gasteiger partial charge in [0, 0.05) is 63.5 Å². The van der Waals surface area contributed by atoms with Crippen LogP contribution in [0.2, 0.25) is 0 Å². The highest BCUT2D eigenvalue weighted by atomic mass is 16.6. The first-order valence-electron chi connectivity index (χ1n) is 22.3. The number of imide groups is 1. The highest BCUT2D eigenvalue weighted by Gasteiger charge is 2.43. The number of hydrogen-bond donors (Lipinski definition) is 7. The maximum absolute atomic E-state index is 14.2. The third kappa shape index (κ3) is 18.2. The van der Waals surface area contributed by atoms with Gasteiger partial charge in [-0.15, -0.1) is 0 Å². The number of Topliss-reactive ketones (excluding diaryl/α,β-unsaturated/α-hetero) is 1. The van der Waals surface area contributed by atoms with Crippen molar-refractivity contribution in [3.8, 4) is 0 Å². The molecule has 17 heteroatoms. The zero-order valence-corrected chi connectivity index (χ0v) is 37.7. The van der Waals surface area contributed by atoms with E-state index in [0.717, 1.165) is 21.6 Å². The molecule has 2 unspecified atom stereocenters. The van der Waals surface area contributed by atoms with Crippen LogP contribution in [0.25, 0.3) is 0 Å². The molecule has 0 radical (unpaired) electrons. The van der Waals surface area contributed by atoms with Crippen molar-refractivity contribution >= 4 is 41.5 Å². The summed E-state index contributed by atoms with van der Waals surface area (Å²) in [6.07, 6.45) is 0.692. The van der Waals surface area contributed by atoms with Crippen LogP contribution in [0.5, 0.6) is 0 Å². The van der Waals surface area contributed by atoms with Crippen LogP contribution in [-0.4, -0.2) is 119 Å². The number of carbonyl (C=O) groups excluding carboxylic acids is 7. The van der Waals surface area contributed by atoms with Crippen molar-refractivity contribution in [1.82, 2.24) is 26.2 Å². The van der Waals surface area contributed by atoms with Gasteiger partial charge in [0.05, 0.1) is 12.1 Å². The standard InChI is InChI=1S/C48H66N6O11/c1-31(26-34-18-16-32(17-19-34)22-24-51-47(63)65-48(2,3)4)37(14-11-23-50-46(49)62)53-45(61)35(27-33-12-7-5-8-13-33)28-36(55)29-38-43(59)44(60)39(64-38)30-52-40(56)15-9-6-10-25-54-41(57)20-21-42(54)58/h5,7-8,12-13,16-21,35,37-39,43-44,59-60H,1,6,9-11,14-15,22-30H2,2-4H3,(H,51,63)(H,52,56)(H,53,61)(H3,49,50,62)/t35-,37+,38-,39+,43?,44?/m0/s1. The van der Waals surface area contributed by atoms with Gasteiger partial charge in [-0.1, -0.05) is 73.2 Å². The Morgan fingerprint density at radius 1 is 0.831 bits per heavy atom. The van der Waals surface area contributed by atoms with Crippen LogP contribution in [0, 0.1) is 5.92 Å². The maximum atomic E-state index is 14.2. The number of alkyl carbamates (subject to hydrolysis) is 1. The van der Waals surface area contributed by atoms with E-state index in [9.17, 15) is 43.8 Å². The SMILES string of the molecule is C=C(Cc1ccc(CCNC(=O)OC(C)(C)C)cc1)[C@@H](CCCNC(N)=O)NC(=O)[C@H](CC(=O)C[C@@H]1O[C@H](CNC(=O)CCCCCN2C(=O)C=CC2=O)C(O)C1O)Cc1ccccc1. The molecule has 1 fully saturated rings. The van der Waals surface area contributed by atoms with Gasteiger partial charge in [-0.25, -0.2) is 9.59 Å². The third-order valence-electron chi connectivity index (χ3n) is 11.1. The molecule has 2 aromatic rings. The van der Waals surface area contributed by atoms with E-state index in [1.807, 2.05) is 54.6 Å². The number of amides is 7. The molecule has 2 aliphatic rings. The van der Waals surface area contributed by atoms with Crippen molar-refractivity contribution in [1.29, 1.82) is 0 Å². The quantitative estimate of drug-likeness (QED) is 0.0410. The molecule has 2 heterocycles. The Balaban J connectivity index is 1.32. The highest BCUT2D eigenvalue weighted by Crippen LogP contribution is 2.26. The summed E-state index contributed by atoms with van der Waals surface area (Å²) in [6, 6.07) is 15.9. The average Bonchev–Trinajstić information content (AvgIpc) is 3.71. The fraction of sp³-hybridized carbons (Fsp3) is 0.521. The molecule has 0 aliphatic carbocycles. The van der Waals surface area contributed by atoms with Crippen molar-refractivity contribution in [2.45, 2.75) is 127 Å².